The zero-order valence-electron chi connectivity index (χ0n) is 13.7. The second kappa shape index (κ2) is 9.59. The van der Waals surface area contributed by atoms with Crippen LogP contribution in [0.2, 0.25) is 5.02 Å². The van der Waals surface area contributed by atoms with E-state index in [0.29, 0.717) is 6.54 Å². The van der Waals surface area contributed by atoms with Crippen LogP contribution in [0.3, 0.4) is 0 Å². The average molecular weight is 374 g/mol. The number of carbonyl (C=O) groups is 1. The molecule has 2 fully saturated rings. The van der Waals surface area contributed by atoms with Crippen molar-refractivity contribution in [3.63, 3.8) is 0 Å². The first-order valence-electron chi connectivity index (χ1n) is 8.30. The molecule has 0 bridgehead atoms. The van der Waals surface area contributed by atoms with E-state index in [1.165, 1.54) is 0 Å². The molecule has 0 radical (unpaired) electrons. The first kappa shape index (κ1) is 19.5. The molecule has 2 aliphatic rings. The van der Waals surface area contributed by atoms with Gasteiger partial charge >= 0.3 is 0 Å². The van der Waals surface area contributed by atoms with Crippen LogP contribution in [0.15, 0.2) is 24.3 Å². The van der Waals surface area contributed by atoms with Crippen molar-refractivity contribution in [2.45, 2.75) is 24.9 Å². The molecule has 0 aromatic heterocycles. The summed E-state index contributed by atoms with van der Waals surface area (Å²) >= 11 is 6.12. The van der Waals surface area contributed by atoms with Crippen molar-refractivity contribution in [1.82, 2.24) is 15.5 Å². The van der Waals surface area contributed by atoms with Crippen molar-refractivity contribution in [2.75, 3.05) is 39.4 Å². The number of ether oxygens (including phenoxy) is 1. The number of carbonyl (C=O) groups excluding carboxylic acids is 1. The van der Waals surface area contributed by atoms with Crippen LogP contribution in [0, 0.1) is 0 Å². The van der Waals surface area contributed by atoms with E-state index < -0.39 is 0 Å². The highest BCUT2D eigenvalue weighted by atomic mass is 35.5. The number of rotatable bonds is 4. The maximum Gasteiger partial charge on any atom is 0.234 e. The fourth-order valence-corrected chi connectivity index (χ4v) is 3.48. The molecule has 0 aliphatic carbocycles. The largest absolute Gasteiger partial charge is 0.381 e. The molecule has 3 rings (SSSR count). The molecule has 24 heavy (non-hydrogen) atoms. The van der Waals surface area contributed by atoms with Crippen molar-refractivity contribution in [1.29, 1.82) is 0 Å². The fraction of sp³-hybridized carbons (Fsp3) is 0.588. The van der Waals surface area contributed by atoms with E-state index in [4.69, 9.17) is 16.3 Å². The van der Waals surface area contributed by atoms with Crippen LogP contribution >= 0.6 is 24.0 Å². The summed E-state index contributed by atoms with van der Waals surface area (Å²) in [6.07, 6.45) is 1.82. The summed E-state index contributed by atoms with van der Waals surface area (Å²) in [6.45, 7) is 4.51. The molecule has 2 aliphatic heterocycles. The van der Waals surface area contributed by atoms with E-state index in [1.54, 1.807) is 0 Å². The second-order valence-corrected chi connectivity index (χ2v) is 6.64. The molecule has 2 saturated heterocycles. The van der Waals surface area contributed by atoms with E-state index in [2.05, 4.69) is 21.6 Å². The molecule has 5 nitrogen and oxygen atoms in total. The van der Waals surface area contributed by atoms with Gasteiger partial charge in [-0.2, -0.15) is 0 Å². The molecule has 1 atom stereocenters. The van der Waals surface area contributed by atoms with Crippen LogP contribution in [0.5, 0.6) is 0 Å². The SMILES string of the molecule is Cl.O=C(CN1CCNCC1c1cccc(Cl)c1)NC1CCOCC1. The van der Waals surface area contributed by atoms with Crippen molar-refractivity contribution in [3.05, 3.63) is 34.9 Å². The third-order valence-electron chi connectivity index (χ3n) is 4.52. The van der Waals surface area contributed by atoms with Crippen LogP contribution in [0.1, 0.15) is 24.4 Å². The van der Waals surface area contributed by atoms with E-state index >= 15 is 0 Å². The molecule has 1 aromatic rings. The minimum atomic E-state index is 0. The molecule has 0 spiro atoms. The Morgan fingerprint density at radius 1 is 1.38 bits per heavy atom. The summed E-state index contributed by atoms with van der Waals surface area (Å²) < 4.78 is 5.33. The van der Waals surface area contributed by atoms with E-state index in [1.807, 2.05) is 18.2 Å². The lowest BCUT2D eigenvalue weighted by Gasteiger charge is -2.36. The molecule has 0 saturated carbocycles. The first-order valence-corrected chi connectivity index (χ1v) is 8.67. The molecule has 1 amide bonds. The summed E-state index contributed by atoms with van der Waals surface area (Å²) in [5.41, 5.74) is 1.16. The predicted molar refractivity (Wildman–Crippen MR) is 97.9 cm³/mol. The number of benzene rings is 1. The van der Waals surface area contributed by atoms with Gasteiger partial charge in [-0.3, -0.25) is 9.69 Å². The summed E-state index contributed by atoms with van der Waals surface area (Å²) in [5, 5.41) is 7.28. The lowest BCUT2D eigenvalue weighted by molar-refractivity contribution is -0.124. The lowest BCUT2D eigenvalue weighted by atomic mass is 10.0. The summed E-state index contributed by atoms with van der Waals surface area (Å²) in [7, 11) is 0. The molecule has 2 N–H and O–H groups in total. The summed E-state index contributed by atoms with van der Waals surface area (Å²) in [4.78, 5) is 14.6. The Balaban J connectivity index is 0.00000208. The van der Waals surface area contributed by atoms with Gasteiger partial charge in [0.15, 0.2) is 0 Å². The highest BCUT2D eigenvalue weighted by Crippen LogP contribution is 2.24. The number of piperazine rings is 1. The number of hydrogen-bond donors (Lipinski definition) is 2. The Kier molecular flexibility index (Phi) is 7.78. The van der Waals surface area contributed by atoms with Gasteiger partial charge in [-0.1, -0.05) is 23.7 Å². The number of amides is 1. The molecule has 1 unspecified atom stereocenters. The maximum absolute atomic E-state index is 12.4. The number of nitrogens with one attached hydrogen (secondary N) is 2. The number of hydrogen-bond acceptors (Lipinski definition) is 4. The van der Waals surface area contributed by atoms with E-state index in [0.717, 1.165) is 56.3 Å². The molecule has 7 heteroatoms. The summed E-state index contributed by atoms with van der Waals surface area (Å²) in [6, 6.07) is 8.35. The lowest BCUT2D eigenvalue weighted by Crippen LogP contribution is -2.51. The van der Waals surface area contributed by atoms with Crippen molar-refractivity contribution in [3.8, 4) is 0 Å². The van der Waals surface area contributed by atoms with E-state index in [-0.39, 0.29) is 30.4 Å². The van der Waals surface area contributed by atoms with Gasteiger partial charge in [0.2, 0.25) is 5.91 Å². The molecular formula is C17H25Cl2N3O2. The number of halogens is 2. The van der Waals surface area contributed by atoms with Crippen LogP contribution in [0.4, 0.5) is 0 Å². The van der Waals surface area contributed by atoms with Crippen LogP contribution in [-0.2, 0) is 9.53 Å². The minimum Gasteiger partial charge on any atom is -0.381 e. The molecule has 2 heterocycles. The van der Waals surface area contributed by atoms with Gasteiger partial charge in [-0.25, -0.2) is 0 Å². The summed E-state index contributed by atoms with van der Waals surface area (Å²) in [5.74, 6) is 0.103. The third kappa shape index (κ3) is 5.33. The Bertz CT molecular complexity index is 538. The van der Waals surface area contributed by atoms with Gasteiger partial charge in [-0.15, -0.1) is 12.4 Å². The fourth-order valence-electron chi connectivity index (χ4n) is 3.28. The highest BCUT2D eigenvalue weighted by molar-refractivity contribution is 6.30. The topological polar surface area (TPSA) is 53.6 Å². The third-order valence-corrected chi connectivity index (χ3v) is 4.76. The standard InChI is InChI=1S/C17H24ClN3O2.ClH/c18-14-3-1-2-13(10-14)16-11-19-6-7-21(16)12-17(22)20-15-4-8-23-9-5-15;/h1-3,10,15-16,19H,4-9,11-12H2,(H,20,22);1H. The van der Waals surface area contributed by atoms with Gasteiger partial charge in [0.1, 0.15) is 0 Å². The predicted octanol–water partition coefficient (Wildman–Crippen LogP) is 2.00. The quantitative estimate of drug-likeness (QED) is 0.847. The Hall–Kier alpha value is -0.850. The minimum absolute atomic E-state index is 0. The molecule has 1 aromatic carbocycles. The van der Waals surface area contributed by atoms with Gasteiger partial charge < -0.3 is 15.4 Å². The van der Waals surface area contributed by atoms with Crippen LogP contribution < -0.4 is 10.6 Å². The zero-order valence-corrected chi connectivity index (χ0v) is 15.2. The van der Waals surface area contributed by atoms with Gasteiger partial charge in [0.25, 0.3) is 0 Å². The highest BCUT2D eigenvalue weighted by Gasteiger charge is 2.26. The zero-order chi connectivity index (χ0) is 16.1. The Morgan fingerprint density at radius 3 is 2.92 bits per heavy atom. The van der Waals surface area contributed by atoms with Crippen LogP contribution in [-0.4, -0.2) is 56.2 Å². The van der Waals surface area contributed by atoms with E-state index in [9.17, 15) is 4.79 Å². The van der Waals surface area contributed by atoms with Gasteiger partial charge in [0, 0.05) is 50.0 Å². The monoisotopic (exact) mass is 373 g/mol. The van der Waals surface area contributed by atoms with Crippen molar-refractivity contribution in [2.24, 2.45) is 0 Å². The molecular weight excluding hydrogens is 349 g/mol. The Labute approximate surface area is 154 Å². The Morgan fingerprint density at radius 2 is 2.17 bits per heavy atom. The normalized spacial score (nSPS) is 22.6. The number of nitrogens with zero attached hydrogens (tertiary/aromatic N) is 1. The smallest absolute Gasteiger partial charge is 0.234 e. The molecule has 134 valence electrons. The van der Waals surface area contributed by atoms with Gasteiger partial charge in [0.05, 0.1) is 6.54 Å². The maximum atomic E-state index is 12.4. The van der Waals surface area contributed by atoms with Crippen molar-refractivity contribution < 1.29 is 9.53 Å². The van der Waals surface area contributed by atoms with Gasteiger partial charge in [-0.05, 0) is 30.5 Å². The van der Waals surface area contributed by atoms with Crippen LogP contribution in [0.25, 0.3) is 0 Å². The average Bonchev–Trinajstić information content (AvgIpc) is 2.56. The first-order chi connectivity index (χ1) is 11.2. The second-order valence-electron chi connectivity index (χ2n) is 6.20. The van der Waals surface area contributed by atoms with Crippen molar-refractivity contribution >= 4 is 29.9 Å².